The summed E-state index contributed by atoms with van der Waals surface area (Å²) in [6, 6.07) is 1.56. The predicted molar refractivity (Wildman–Crippen MR) is 66.6 cm³/mol. The zero-order valence-electron chi connectivity index (χ0n) is 9.04. The van der Waals surface area contributed by atoms with Crippen molar-refractivity contribution in [3.8, 4) is 0 Å². The molecule has 0 radical (unpaired) electrons. The van der Waals surface area contributed by atoms with Crippen molar-refractivity contribution in [1.29, 1.82) is 0 Å². The van der Waals surface area contributed by atoms with Crippen LogP contribution in [0.2, 0.25) is 0 Å². The maximum absolute atomic E-state index is 11.9. The Morgan fingerprint density at radius 2 is 2.38 bits per heavy atom. The molecule has 1 unspecified atom stereocenters. The maximum atomic E-state index is 11.9. The molecular weight excluding hydrogens is 248 g/mol. The summed E-state index contributed by atoms with van der Waals surface area (Å²) in [6.45, 7) is 1.71. The molecule has 1 heterocycles. The van der Waals surface area contributed by atoms with E-state index < -0.39 is 15.3 Å². The van der Waals surface area contributed by atoms with Gasteiger partial charge in [0.15, 0.2) is 0 Å². The summed E-state index contributed by atoms with van der Waals surface area (Å²) in [5, 5.41) is 2.99. The molecular formula is C8H14N4O2S2. The van der Waals surface area contributed by atoms with Crippen molar-refractivity contribution in [2.45, 2.75) is 18.6 Å². The van der Waals surface area contributed by atoms with E-state index in [0.717, 1.165) is 0 Å². The summed E-state index contributed by atoms with van der Waals surface area (Å²) in [4.78, 5) is -0.0304. The van der Waals surface area contributed by atoms with Crippen LogP contribution in [0.4, 0.5) is 5.82 Å². The molecule has 0 aromatic carbocycles. The van der Waals surface area contributed by atoms with Crippen molar-refractivity contribution in [2.24, 2.45) is 12.8 Å². The first kappa shape index (κ1) is 12.9. The molecule has 0 spiro atoms. The minimum atomic E-state index is -3.59. The molecule has 1 aromatic heterocycles. The molecule has 0 bridgehead atoms. The minimum absolute atomic E-state index is 0.0304. The number of aryl methyl sites for hydroxylation is 1. The van der Waals surface area contributed by atoms with Crippen LogP contribution in [0.1, 0.15) is 13.3 Å². The number of rotatable bonds is 5. The number of nitrogens with one attached hydrogen (secondary N) is 1. The van der Waals surface area contributed by atoms with Crippen molar-refractivity contribution in [2.75, 3.05) is 4.72 Å². The lowest BCUT2D eigenvalue weighted by Gasteiger charge is -2.15. The number of aromatic nitrogens is 2. The molecule has 0 fully saturated rings. The average Bonchev–Trinajstić information content (AvgIpc) is 2.50. The number of hydrogen-bond donors (Lipinski definition) is 2. The third kappa shape index (κ3) is 2.70. The number of anilines is 1. The molecule has 8 heteroatoms. The second-order valence-electron chi connectivity index (χ2n) is 3.29. The molecule has 1 rings (SSSR count). The molecule has 1 aromatic rings. The summed E-state index contributed by atoms with van der Waals surface area (Å²) in [6.07, 6.45) is 1.84. The topological polar surface area (TPSA) is 90.0 Å². The first-order valence-electron chi connectivity index (χ1n) is 4.67. The number of sulfonamides is 1. The van der Waals surface area contributed by atoms with E-state index in [1.807, 2.05) is 0 Å². The molecule has 16 heavy (non-hydrogen) atoms. The zero-order valence-corrected chi connectivity index (χ0v) is 10.7. The Kier molecular flexibility index (Phi) is 3.87. The van der Waals surface area contributed by atoms with E-state index >= 15 is 0 Å². The molecule has 90 valence electrons. The van der Waals surface area contributed by atoms with Crippen LogP contribution in [-0.2, 0) is 17.1 Å². The lowest BCUT2D eigenvalue weighted by Crippen LogP contribution is -2.38. The monoisotopic (exact) mass is 262 g/mol. The smallest absolute Gasteiger partial charge is 0.243 e. The fourth-order valence-corrected chi connectivity index (χ4v) is 3.19. The van der Waals surface area contributed by atoms with Crippen LogP contribution in [0.25, 0.3) is 0 Å². The highest BCUT2D eigenvalue weighted by Crippen LogP contribution is 2.12. The number of nitrogens with zero attached hydrogens (tertiary/aromatic N) is 2. The number of nitrogens with two attached hydrogens (primary N) is 1. The highest BCUT2D eigenvalue weighted by atomic mass is 32.2. The van der Waals surface area contributed by atoms with Gasteiger partial charge in [-0.15, -0.1) is 0 Å². The van der Waals surface area contributed by atoms with Crippen LogP contribution in [0, 0.1) is 0 Å². The van der Waals surface area contributed by atoms with Gasteiger partial charge >= 0.3 is 0 Å². The third-order valence-corrected chi connectivity index (χ3v) is 4.39. The molecule has 0 amide bonds. The van der Waals surface area contributed by atoms with Gasteiger partial charge in [-0.1, -0.05) is 19.1 Å². The minimum Gasteiger partial charge on any atom is -0.392 e. The molecule has 0 aliphatic carbocycles. The van der Waals surface area contributed by atoms with Gasteiger partial charge in [0, 0.05) is 13.1 Å². The molecule has 0 saturated heterocycles. The van der Waals surface area contributed by atoms with E-state index in [2.05, 4.69) is 9.82 Å². The van der Waals surface area contributed by atoms with E-state index in [4.69, 9.17) is 18.0 Å². The van der Waals surface area contributed by atoms with Crippen LogP contribution in [0.15, 0.2) is 12.3 Å². The van der Waals surface area contributed by atoms with Gasteiger partial charge in [-0.05, 0) is 6.42 Å². The van der Waals surface area contributed by atoms with Gasteiger partial charge in [-0.2, -0.15) is 5.10 Å². The normalized spacial score (nSPS) is 13.4. The zero-order chi connectivity index (χ0) is 12.3. The Hall–Kier alpha value is -1.15. The lowest BCUT2D eigenvalue weighted by molar-refractivity contribution is 0.593. The maximum Gasteiger partial charge on any atom is 0.243 e. The van der Waals surface area contributed by atoms with Crippen molar-refractivity contribution in [1.82, 2.24) is 9.78 Å². The summed E-state index contributed by atoms with van der Waals surface area (Å²) >= 11 is 4.73. The Morgan fingerprint density at radius 3 is 2.75 bits per heavy atom. The number of hydrogen-bond acceptors (Lipinski definition) is 4. The molecule has 6 nitrogen and oxygen atoms in total. The largest absolute Gasteiger partial charge is 0.392 e. The van der Waals surface area contributed by atoms with E-state index in [9.17, 15) is 8.42 Å². The Balaban J connectivity index is 2.95. The lowest BCUT2D eigenvalue weighted by atomic mass is 10.3. The van der Waals surface area contributed by atoms with Gasteiger partial charge < -0.3 is 5.73 Å². The second-order valence-corrected chi connectivity index (χ2v) is 5.62. The average molecular weight is 262 g/mol. The van der Waals surface area contributed by atoms with Gasteiger partial charge in [0.2, 0.25) is 10.0 Å². The van der Waals surface area contributed by atoms with Crippen molar-refractivity contribution >= 4 is 33.0 Å². The summed E-state index contributed by atoms with van der Waals surface area (Å²) in [5.74, 6) is 0.384. The van der Waals surface area contributed by atoms with E-state index in [-0.39, 0.29) is 4.99 Å². The Bertz CT molecular complexity index is 480. The van der Waals surface area contributed by atoms with E-state index in [1.54, 1.807) is 20.0 Å². The van der Waals surface area contributed by atoms with E-state index in [0.29, 0.717) is 12.2 Å². The van der Waals surface area contributed by atoms with Gasteiger partial charge in [0.05, 0.1) is 11.2 Å². The molecule has 0 aliphatic rings. The highest BCUT2D eigenvalue weighted by molar-refractivity contribution is 7.95. The van der Waals surface area contributed by atoms with Crippen LogP contribution >= 0.6 is 12.2 Å². The van der Waals surface area contributed by atoms with Gasteiger partial charge in [0.25, 0.3) is 0 Å². The molecule has 0 aliphatic heterocycles. The van der Waals surface area contributed by atoms with Crippen LogP contribution in [-0.4, -0.2) is 28.4 Å². The van der Waals surface area contributed by atoms with Gasteiger partial charge in [-0.3, -0.25) is 9.40 Å². The van der Waals surface area contributed by atoms with Crippen LogP contribution in [0.3, 0.4) is 0 Å². The summed E-state index contributed by atoms with van der Waals surface area (Å²) in [5.41, 5.74) is 5.39. The third-order valence-electron chi connectivity index (χ3n) is 2.13. The standard InChI is InChI=1S/C8H14N4O2S2/c1-3-6(8(9)15)16(13,14)11-7-4-5-10-12(7)2/h4-6,11H,3H2,1-2H3,(H2,9,15). The first-order valence-corrected chi connectivity index (χ1v) is 6.63. The number of thiocarbonyl (C=S) groups is 1. The summed E-state index contributed by atoms with van der Waals surface area (Å²) in [7, 11) is -1.96. The van der Waals surface area contributed by atoms with Crippen molar-refractivity contribution < 1.29 is 8.42 Å². The Labute approximate surface area is 99.9 Å². The van der Waals surface area contributed by atoms with E-state index in [1.165, 1.54) is 10.9 Å². The second kappa shape index (κ2) is 4.79. The van der Waals surface area contributed by atoms with Gasteiger partial charge in [-0.25, -0.2) is 8.42 Å². The quantitative estimate of drug-likeness (QED) is 0.741. The van der Waals surface area contributed by atoms with Crippen LogP contribution in [0.5, 0.6) is 0 Å². The fourth-order valence-electron chi connectivity index (χ4n) is 1.26. The summed E-state index contributed by atoms with van der Waals surface area (Å²) < 4.78 is 27.6. The molecule has 1 atom stereocenters. The fraction of sp³-hybridized carbons (Fsp3) is 0.500. The first-order chi connectivity index (χ1) is 7.38. The highest BCUT2D eigenvalue weighted by Gasteiger charge is 2.27. The SMILES string of the molecule is CCC(C(N)=S)S(=O)(=O)Nc1ccnn1C. The van der Waals surface area contributed by atoms with Crippen LogP contribution < -0.4 is 10.5 Å². The molecule has 0 saturated carbocycles. The van der Waals surface area contributed by atoms with Crippen molar-refractivity contribution in [3.63, 3.8) is 0 Å². The van der Waals surface area contributed by atoms with Crippen molar-refractivity contribution in [3.05, 3.63) is 12.3 Å². The molecule has 3 N–H and O–H groups in total. The Morgan fingerprint density at radius 1 is 1.75 bits per heavy atom. The van der Waals surface area contributed by atoms with Gasteiger partial charge in [0.1, 0.15) is 11.1 Å². The predicted octanol–water partition coefficient (Wildman–Crippen LogP) is 0.226.